The van der Waals surface area contributed by atoms with E-state index in [0.717, 1.165) is 45.4 Å². The lowest BCUT2D eigenvalue weighted by atomic mass is 9.77. The van der Waals surface area contributed by atoms with Crippen LogP contribution in [-0.4, -0.2) is 37.0 Å². The maximum absolute atomic E-state index is 12.8. The van der Waals surface area contributed by atoms with E-state index in [2.05, 4.69) is 24.1 Å². The molecule has 1 saturated carbocycles. The maximum atomic E-state index is 12.8. The molecule has 0 spiro atoms. The number of carbonyl (C=O) groups is 1. The quantitative estimate of drug-likeness (QED) is 0.816. The highest BCUT2D eigenvalue weighted by Crippen LogP contribution is 2.44. The molecule has 3 nitrogen and oxygen atoms in total. The number of amides is 1. The average molecular weight is 238 g/mol. The fraction of sp³-hybridized carbons (Fsp3) is 0.929. The minimum absolute atomic E-state index is 0.00843. The van der Waals surface area contributed by atoms with Crippen LogP contribution in [0.15, 0.2) is 0 Å². The molecule has 1 aliphatic carbocycles. The van der Waals surface area contributed by atoms with Gasteiger partial charge in [0.2, 0.25) is 5.91 Å². The molecule has 0 aromatic carbocycles. The van der Waals surface area contributed by atoms with E-state index < -0.39 is 0 Å². The molecule has 2 rings (SSSR count). The zero-order valence-electron chi connectivity index (χ0n) is 11.3. The summed E-state index contributed by atoms with van der Waals surface area (Å²) in [6.45, 7) is 8.21. The lowest BCUT2D eigenvalue weighted by Crippen LogP contribution is -2.51. The first-order valence-corrected chi connectivity index (χ1v) is 7.14. The zero-order chi connectivity index (χ0) is 12.3. The standard InChI is InChI=1S/C14H26N2O/c1-12(2)11-14(5-3-4-6-14)13(17)16-9-7-15-8-10-16/h12,15H,3-11H2,1-2H3. The highest BCUT2D eigenvalue weighted by molar-refractivity contribution is 5.83. The Morgan fingerprint density at radius 1 is 1.24 bits per heavy atom. The molecule has 1 heterocycles. The van der Waals surface area contributed by atoms with E-state index in [1.54, 1.807) is 0 Å². The van der Waals surface area contributed by atoms with Gasteiger partial charge in [0, 0.05) is 31.6 Å². The van der Waals surface area contributed by atoms with Gasteiger partial charge in [-0.2, -0.15) is 0 Å². The Hall–Kier alpha value is -0.570. The Balaban J connectivity index is 2.06. The Morgan fingerprint density at radius 3 is 2.35 bits per heavy atom. The molecule has 17 heavy (non-hydrogen) atoms. The van der Waals surface area contributed by atoms with Crippen LogP contribution in [0.1, 0.15) is 46.0 Å². The van der Waals surface area contributed by atoms with Crippen LogP contribution < -0.4 is 5.32 Å². The van der Waals surface area contributed by atoms with Gasteiger partial charge in [0.05, 0.1) is 0 Å². The van der Waals surface area contributed by atoms with Gasteiger partial charge in [-0.05, 0) is 25.2 Å². The summed E-state index contributed by atoms with van der Waals surface area (Å²) in [6, 6.07) is 0. The first-order valence-electron chi connectivity index (χ1n) is 7.14. The van der Waals surface area contributed by atoms with Crippen LogP contribution in [0, 0.1) is 11.3 Å². The maximum Gasteiger partial charge on any atom is 0.228 e. The fourth-order valence-corrected chi connectivity index (χ4v) is 3.54. The smallest absolute Gasteiger partial charge is 0.228 e. The largest absolute Gasteiger partial charge is 0.340 e. The summed E-state index contributed by atoms with van der Waals surface area (Å²) < 4.78 is 0. The Bertz CT molecular complexity index is 263. The molecule has 0 unspecified atom stereocenters. The highest BCUT2D eigenvalue weighted by Gasteiger charge is 2.43. The summed E-state index contributed by atoms with van der Waals surface area (Å²) in [7, 11) is 0. The van der Waals surface area contributed by atoms with E-state index in [-0.39, 0.29) is 5.41 Å². The van der Waals surface area contributed by atoms with Gasteiger partial charge in [-0.25, -0.2) is 0 Å². The molecule has 1 saturated heterocycles. The van der Waals surface area contributed by atoms with Crippen LogP contribution in [0.4, 0.5) is 0 Å². The van der Waals surface area contributed by atoms with Gasteiger partial charge >= 0.3 is 0 Å². The van der Waals surface area contributed by atoms with E-state index in [9.17, 15) is 4.79 Å². The number of nitrogens with one attached hydrogen (secondary N) is 1. The van der Waals surface area contributed by atoms with Crippen LogP contribution in [0.3, 0.4) is 0 Å². The summed E-state index contributed by atoms with van der Waals surface area (Å²) >= 11 is 0. The molecule has 2 fully saturated rings. The van der Waals surface area contributed by atoms with Crippen molar-refractivity contribution in [3.05, 3.63) is 0 Å². The lowest BCUT2D eigenvalue weighted by Gasteiger charge is -2.37. The van der Waals surface area contributed by atoms with Crippen molar-refractivity contribution in [3.8, 4) is 0 Å². The molecule has 3 heteroatoms. The monoisotopic (exact) mass is 238 g/mol. The lowest BCUT2D eigenvalue weighted by molar-refractivity contribution is -0.143. The first-order chi connectivity index (χ1) is 8.14. The summed E-state index contributed by atoms with van der Waals surface area (Å²) in [5.74, 6) is 1.07. The molecular weight excluding hydrogens is 212 g/mol. The van der Waals surface area contributed by atoms with Crippen molar-refractivity contribution in [1.29, 1.82) is 0 Å². The Labute approximate surface area is 105 Å². The number of piperazine rings is 1. The van der Waals surface area contributed by atoms with Crippen LogP contribution in [0.25, 0.3) is 0 Å². The molecule has 0 aromatic rings. The normalized spacial score (nSPS) is 24.3. The predicted molar refractivity (Wildman–Crippen MR) is 69.8 cm³/mol. The molecule has 1 aliphatic heterocycles. The third-order valence-corrected chi connectivity index (χ3v) is 4.22. The van der Waals surface area contributed by atoms with Crippen molar-refractivity contribution in [3.63, 3.8) is 0 Å². The van der Waals surface area contributed by atoms with Crippen LogP contribution in [-0.2, 0) is 4.79 Å². The second-order valence-corrected chi connectivity index (χ2v) is 6.13. The van der Waals surface area contributed by atoms with Gasteiger partial charge in [0.15, 0.2) is 0 Å². The number of hydrogen-bond acceptors (Lipinski definition) is 2. The summed E-state index contributed by atoms with van der Waals surface area (Å²) in [6.07, 6.45) is 5.80. The Kier molecular flexibility index (Phi) is 4.08. The van der Waals surface area contributed by atoms with Gasteiger partial charge < -0.3 is 10.2 Å². The topological polar surface area (TPSA) is 32.3 Å². The van der Waals surface area contributed by atoms with Crippen LogP contribution >= 0.6 is 0 Å². The minimum atomic E-state index is -0.00843. The fourth-order valence-electron chi connectivity index (χ4n) is 3.54. The highest BCUT2D eigenvalue weighted by atomic mass is 16.2. The average Bonchev–Trinajstić information content (AvgIpc) is 2.78. The van der Waals surface area contributed by atoms with E-state index in [0.29, 0.717) is 11.8 Å². The van der Waals surface area contributed by atoms with E-state index >= 15 is 0 Å². The molecule has 0 atom stereocenters. The second-order valence-electron chi connectivity index (χ2n) is 6.13. The molecule has 0 aromatic heterocycles. The third-order valence-electron chi connectivity index (χ3n) is 4.22. The van der Waals surface area contributed by atoms with Gasteiger partial charge in [0.1, 0.15) is 0 Å². The van der Waals surface area contributed by atoms with E-state index in [1.165, 1.54) is 12.8 Å². The molecule has 0 bridgehead atoms. The molecule has 98 valence electrons. The molecular formula is C14H26N2O. The van der Waals surface area contributed by atoms with Crippen LogP contribution in [0.5, 0.6) is 0 Å². The van der Waals surface area contributed by atoms with Crippen molar-refractivity contribution in [2.75, 3.05) is 26.2 Å². The molecule has 0 radical (unpaired) electrons. The van der Waals surface area contributed by atoms with Crippen molar-refractivity contribution >= 4 is 5.91 Å². The van der Waals surface area contributed by atoms with Gasteiger partial charge in [-0.3, -0.25) is 4.79 Å². The third kappa shape index (κ3) is 2.82. The Morgan fingerprint density at radius 2 is 1.82 bits per heavy atom. The first kappa shape index (κ1) is 12.9. The number of carbonyl (C=O) groups excluding carboxylic acids is 1. The number of hydrogen-bond donors (Lipinski definition) is 1. The number of nitrogens with zero attached hydrogens (tertiary/aromatic N) is 1. The van der Waals surface area contributed by atoms with E-state index in [1.807, 2.05) is 0 Å². The summed E-state index contributed by atoms with van der Waals surface area (Å²) in [5.41, 5.74) is -0.00843. The summed E-state index contributed by atoms with van der Waals surface area (Å²) in [4.78, 5) is 14.9. The van der Waals surface area contributed by atoms with Gasteiger partial charge in [0.25, 0.3) is 0 Å². The SMILES string of the molecule is CC(C)CC1(C(=O)N2CCNCC2)CCCC1. The van der Waals surface area contributed by atoms with Crippen molar-refractivity contribution in [1.82, 2.24) is 10.2 Å². The minimum Gasteiger partial charge on any atom is -0.340 e. The van der Waals surface area contributed by atoms with Gasteiger partial charge in [-0.1, -0.05) is 26.7 Å². The van der Waals surface area contributed by atoms with Crippen molar-refractivity contribution in [2.45, 2.75) is 46.0 Å². The second kappa shape index (κ2) is 5.38. The molecule has 2 aliphatic rings. The summed E-state index contributed by atoms with van der Waals surface area (Å²) in [5, 5.41) is 3.32. The molecule has 1 amide bonds. The predicted octanol–water partition coefficient (Wildman–Crippen LogP) is 2.02. The van der Waals surface area contributed by atoms with Crippen LogP contribution in [0.2, 0.25) is 0 Å². The van der Waals surface area contributed by atoms with Gasteiger partial charge in [-0.15, -0.1) is 0 Å². The number of rotatable bonds is 3. The van der Waals surface area contributed by atoms with Crippen molar-refractivity contribution in [2.24, 2.45) is 11.3 Å². The van der Waals surface area contributed by atoms with Crippen molar-refractivity contribution < 1.29 is 4.79 Å². The molecule has 1 N–H and O–H groups in total. The van der Waals surface area contributed by atoms with E-state index in [4.69, 9.17) is 0 Å². The zero-order valence-corrected chi connectivity index (χ0v) is 11.3.